The van der Waals surface area contributed by atoms with Gasteiger partial charge in [-0.2, -0.15) is 0 Å². The minimum Gasteiger partial charge on any atom is -0.481 e. The Kier molecular flexibility index (Phi) is 13.3. The fourth-order valence-corrected chi connectivity index (χ4v) is 3.80. The van der Waals surface area contributed by atoms with Gasteiger partial charge in [0.2, 0.25) is 11.8 Å². The van der Waals surface area contributed by atoms with Crippen molar-refractivity contribution in [1.82, 2.24) is 16.0 Å². The maximum absolute atomic E-state index is 12.8. The van der Waals surface area contributed by atoms with Gasteiger partial charge in [-0.05, 0) is 57.4 Å². The zero-order chi connectivity index (χ0) is 28.9. The molecule has 0 spiro atoms. The first-order valence-corrected chi connectivity index (χ1v) is 13.1. The van der Waals surface area contributed by atoms with Gasteiger partial charge in [-0.1, -0.05) is 51.1 Å². The lowest BCUT2D eigenvalue weighted by atomic mass is 9.85. The van der Waals surface area contributed by atoms with Gasteiger partial charge in [-0.15, -0.1) is 0 Å². The number of carboxylic acids is 1. The number of aryl methyl sites for hydroxylation is 1. The second-order valence-electron chi connectivity index (χ2n) is 11.7. The number of aliphatic hydroxyl groups is 1. The predicted octanol–water partition coefficient (Wildman–Crippen LogP) is 3.17. The number of carbonyl (C=O) groups is 4. The fourth-order valence-electron chi connectivity index (χ4n) is 3.80. The van der Waals surface area contributed by atoms with Crippen molar-refractivity contribution in [3.05, 3.63) is 35.9 Å². The topological polar surface area (TPSA) is 154 Å². The van der Waals surface area contributed by atoms with E-state index in [1.165, 1.54) is 0 Å². The van der Waals surface area contributed by atoms with Crippen LogP contribution < -0.4 is 16.0 Å². The van der Waals surface area contributed by atoms with Crippen LogP contribution >= 0.6 is 0 Å². The zero-order valence-electron chi connectivity index (χ0n) is 23.5. The number of hydrogen-bond acceptors (Lipinski definition) is 6. The van der Waals surface area contributed by atoms with Gasteiger partial charge < -0.3 is 30.9 Å². The molecule has 0 aliphatic carbocycles. The summed E-state index contributed by atoms with van der Waals surface area (Å²) < 4.78 is 5.29. The third-order valence-electron chi connectivity index (χ3n) is 5.48. The molecule has 1 aromatic rings. The number of alkyl carbamates (subject to hydrolysis) is 1. The van der Waals surface area contributed by atoms with Crippen LogP contribution in [-0.2, 0) is 25.5 Å². The number of carbonyl (C=O) groups excluding carboxylic acids is 3. The van der Waals surface area contributed by atoms with Crippen molar-refractivity contribution in [3.63, 3.8) is 0 Å². The summed E-state index contributed by atoms with van der Waals surface area (Å²) in [5.74, 6) is -2.20. The van der Waals surface area contributed by atoms with Gasteiger partial charge in [-0.3, -0.25) is 14.4 Å². The quantitative estimate of drug-likeness (QED) is 0.229. The minimum atomic E-state index is -1.25. The number of carboxylic acid groups (broad SMARTS) is 1. The molecule has 0 aliphatic heterocycles. The van der Waals surface area contributed by atoms with Crippen molar-refractivity contribution in [1.29, 1.82) is 0 Å². The van der Waals surface area contributed by atoms with Crippen LogP contribution in [0.4, 0.5) is 4.79 Å². The predicted molar refractivity (Wildman–Crippen MR) is 144 cm³/mol. The van der Waals surface area contributed by atoms with Gasteiger partial charge in [0.05, 0.1) is 18.6 Å². The summed E-state index contributed by atoms with van der Waals surface area (Å²) in [5, 5.41) is 27.8. The van der Waals surface area contributed by atoms with Crippen LogP contribution in [0.1, 0.15) is 79.2 Å². The van der Waals surface area contributed by atoms with E-state index >= 15 is 0 Å². The Labute approximate surface area is 225 Å². The average molecular weight is 536 g/mol. The van der Waals surface area contributed by atoms with Crippen molar-refractivity contribution < 1.29 is 34.1 Å². The van der Waals surface area contributed by atoms with E-state index in [9.17, 15) is 24.3 Å². The smallest absolute Gasteiger partial charge is 0.407 e. The first kappa shape index (κ1) is 32.9. The molecule has 0 bridgehead atoms. The molecule has 3 amide bonds. The molecule has 5 N–H and O–H groups in total. The first-order chi connectivity index (χ1) is 17.6. The van der Waals surface area contributed by atoms with E-state index in [0.29, 0.717) is 19.4 Å². The summed E-state index contributed by atoms with van der Waals surface area (Å²) in [6.07, 6.45) is -0.942. The van der Waals surface area contributed by atoms with Gasteiger partial charge in [0.15, 0.2) is 0 Å². The van der Waals surface area contributed by atoms with Gasteiger partial charge in [-0.25, -0.2) is 4.79 Å². The molecule has 0 unspecified atom stereocenters. The molecule has 0 fully saturated rings. The summed E-state index contributed by atoms with van der Waals surface area (Å²) in [6, 6.07) is 7.95. The van der Waals surface area contributed by atoms with E-state index in [4.69, 9.17) is 9.84 Å². The molecule has 0 aromatic heterocycles. The van der Waals surface area contributed by atoms with Crippen LogP contribution in [0.25, 0.3) is 0 Å². The highest BCUT2D eigenvalue weighted by molar-refractivity contribution is 5.88. The second kappa shape index (κ2) is 15.3. The largest absolute Gasteiger partial charge is 0.481 e. The van der Waals surface area contributed by atoms with Crippen LogP contribution in [0, 0.1) is 5.41 Å². The molecular formula is C28H45N3O7. The first-order valence-electron chi connectivity index (χ1n) is 13.1. The summed E-state index contributed by atoms with van der Waals surface area (Å²) >= 11 is 0. The minimum absolute atomic E-state index is 0.0940. The number of amides is 3. The molecule has 0 saturated carbocycles. The Morgan fingerprint density at radius 2 is 1.61 bits per heavy atom. The molecule has 0 radical (unpaired) electrons. The summed E-state index contributed by atoms with van der Waals surface area (Å²) in [6.45, 7) is 11.3. The normalized spacial score (nSPS) is 14.1. The van der Waals surface area contributed by atoms with Gasteiger partial charge >= 0.3 is 12.1 Å². The van der Waals surface area contributed by atoms with E-state index in [2.05, 4.69) is 16.0 Å². The molecule has 1 aromatic carbocycles. The van der Waals surface area contributed by atoms with E-state index in [1.54, 1.807) is 20.8 Å². The Bertz CT molecular complexity index is 907. The fraction of sp³-hybridized carbons (Fsp3) is 0.643. The highest BCUT2D eigenvalue weighted by atomic mass is 16.6. The molecule has 0 aliphatic rings. The maximum Gasteiger partial charge on any atom is 0.407 e. The number of aliphatic hydroxyl groups excluding tert-OH is 1. The number of benzene rings is 1. The molecular weight excluding hydrogens is 490 g/mol. The highest BCUT2D eigenvalue weighted by Crippen LogP contribution is 2.23. The van der Waals surface area contributed by atoms with Gasteiger partial charge in [0, 0.05) is 13.0 Å². The van der Waals surface area contributed by atoms with E-state index in [1.807, 2.05) is 51.1 Å². The highest BCUT2D eigenvalue weighted by Gasteiger charge is 2.31. The van der Waals surface area contributed by atoms with Gasteiger partial charge in [0.1, 0.15) is 11.6 Å². The zero-order valence-corrected chi connectivity index (χ0v) is 23.5. The monoisotopic (exact) mass is 535 g/mol. The Morgan fingerprint density at radius 3 is 2.16 bits per heavy atom. The Hall–Kier alpha value is -3.14. The van der Waals surface area contributed by atoms with Crippen molar-refractivity contribution in [2.75, 3.05) is 6.54 Å². The molecule has 0 saturated heterocycles. The lowest BCUT2D eigenvalue weighted by Gasteiger charge is -2.31. The lowest BCUT2D eigenvalue weighted by Crippen LogP contribution is -2.51. The van der Waals surface area contributed by atoms with E-state index in [-0.39, 0.29) is 24.7 Å². The van der Waals surface area contributed by atoms with Crippen molar-refractivity contribution in [3.8, 4) is 0 Å². The lowest BCUT2D eigenvalue weighted by molar-refractivity contribution is -0.138. The SMILES string of the molecule is CC(C)(C)C[C@H](NC(=O)OC(C)(C)C)[C@@H](O)CC(=O)N[C@@H](CCC(=O)O)C(=O)NCCCc1ccccc1. The number of aliphatic carboxylic acids is 1. The third kappa shape index (κ3) is 15.2. The van der Waals surface area contributed by atoms with Crippen molar-refractivity contribution >= 4 is 23.9 Å². The standard InChI is InChI=1S/C28H45N3O7/c1-27(2,3)18-21(31-26(37)38-28(4,5)6)22(32)17-23(33)30-20(14-15-24(34)35)25(36)29-16-10-13-19-11-8-7-9-12-19/h7-9,11-12,20-22,32H,10,13-18H2,1-6H3,(H,29,36)(H,30,33)(H,31,37)(H,34,35)/t20-,21-,22-/m0/s1. The molecule has 38 heavy (non-hydrogen) atoms. The second-order valence-corrected chi connectivity index (χ2v) is 11.7. The third-order valence-corrected chi connectivity index (χ3v) is 5.48. The van der Waals surface area contributed by atoms with Crippen molar-refractivity contribution in [2.45, 2.75) is 104 Å². The molecule has 1 rings (SSSR count). The molecule has 10 nitrogen and oxygen atoms in total. The average Bonchev–Trinajstić information content (AvgIpc) is 2.77. The van der Waals surface area contributed by atoms with Crippen LogP contribution in [0.2, 0.25) is 0 Å². The van der Waals surface area contributed by atoms with Crippen molar-refractivity contribution in [2.24, 2.45) is 5.41 Å². The van der Waals surface area contributed by atoms with Crippen LogP contribution in [0.15, 0.2) is 30.3 Å². The molecule has 10 heteroatoms. The molecule has 0 heterocycles. The van der Waals surface area contributed by atoms with E-state index < -0.39 is 47.7 Å². The summed E-state index contributed by atoms with van der Waals surface area (Å²) in [5.41, 5.74) is 0.127. The number of nitrogens with one attached hydrogen (secondary N) is 3. The summed E-state index contributed by atoms with van der Waals surface area (Å²) in [4.78, 5) is 48.9. The van der Waals surface area contributed by atoms with Gasteiger partial charge in [0.25, 0.3) is 0 Å². The molecule has 214 valence electrons. The number of ether oxygens (including phenoxy) is 1. The van der Waals surface area contributed by atoms with Crippen LogP contribution in [-0.4, -0.2) is 64.4 Å². The molecule has 3 atom stereocenters. The van der Waals surface area contributed by atoms with Crippen LogP contribution in [0.5, 0.6) is 0 Å². The number of rotatable bonds is 14. The number of hydrogen-bond donors (Lipinski definition) is 5. The van der Waals surface area contributed by atoms with Crippen LogP contribution in [0.3, 0.4) is 0 Å². The maximum atomic E-state index is 12.8. The summed E-state index contributed by atoms with van der Waals surface area (Å²) in [7, 11) is 0. The Balaban J connectivity index is 2.76. The Morgan fingerprint density at radius 1 is 0.974 bits per heavy atom. The van der Waals surface area contributed by atoms with E-state index in [0.717, 1.165) is 12.0 Å².